The van der Waals surface area contributed by atoms with Crippen LogP contribution in [-0.4, -0.2) is 15.2 Å². The fourth-order valence-electron chi connectivity index (χ4n) is 1.67. The Kier molecular flexibility index (Phi) is 2.15. The van der Waals surface area contributed by atoms with Gasteiger partial charge >= 0.3 is 5.76 Å². The number of hydrogen-bond acceptors (Lipinski definition) is 3. The minimum absolute atomic E-state index is 0.0539. The lowest BCUT2D eigenvalue weighted by molar-refractivity contribution is 0.527. The average molecular weight is 298 g/mol. The molecule has 17 heavy (non-hydrogen) atoms. The van der Waals surface area contributed by atoms with Gasteiger partial charge < -0.3 is 9.40 Å². The van der Waals surface area contributed by atoms with E-state index in [1.807, 2.05) is 0 Å². The van der Waals surface area contributed by atoms with Crippen LogP contribution in [0.15, 0.2) is 32.0 Å². The van der Waals surface area contributed by atoms with E-state index >= 15 is 0 Å². The predicted octanol–water partition coefficient (Wildman–Crippen LogP) is 2.41. The maximum atomic E-state index is 14.0. The molecule has 2 aromatic heterocycles. The molecular formula is C10H5BrFN3O2. The molecule has 0 saturated heterocycles. The molecule has 0 aliphatic carbocycles. The molecule has 0 radical (unpaired) electrons. The molecule has 5 nitrogen and oxygen atoms in total. The zero-order valence-electron chi connectivity index (χ0n) is 8.25. The monoisotopic (exact) mass is 297 g/mol. The summed E-state index contributed by atoms with van der Waals surface area (Å²) >= 11 is 3.10. The molecule has 0 atom stereocenters. The third kappa shape index (κ3) is 1.50. The van der Waals surface area contributed by atoms with E-state index in [2.05, 4.69) is 31.1 Å². The van der Waals surface area contributed by atoms with Crippen LogP contribution in [-0.2, 0) is 0 Å². The van der Waals surface area contributed by atoms with E-state index < -0.39 is 11.6 Å². The van der Waals surface area contributed by atoms with Crippen LogP contribution >= 0.6 is 15.9 Å². The van der Waals surface area contributed by atoms with Crippen LogP contribution in [0.25, 0.3) is 22.4 Å². The van der Waals surface area contributed by atoms with E-state index in [0.29, 0.717) is 20.9 Å². The van der Waals surface area contributed by atoms with Crippen LogP contribution in [0.4, 0.5) is 4.39 Å². The number of benzene rings is 1. The predicted molar refractivity (Wildman–Crippen MR) is 62.1 cm³/mol. The van der Waals surface area contributed by atoms with Crippen LogP contribution in [0, 0.1) is 5.82 Å². The first-order chi connectivity index (χ1) is 8.16. The van der Waals surface area contributed by atoms with E-state index in [4.69, 9.17) is 4.42 Å². The van der Waals surface area contributed by atoms with E-state index in [1.54, 1.807) is 18.3 Å². The van der Waals surface area contributed by atoms with Gasteiger partial charge in [0.25, 0.3) is 5.89 Å². The Labute approximate surface area is 102 Å². The van der Waals surface area contributed by atoms with Gasteiger partial charge in [-0.2, -0.15) is 0 Å². The first-order valence-electron chi connectivity index (χ1n) is 4.68. The third-order valence-electron chi connectivity index (χ3n) is 2.40. The number of hydrogen-bond donors (Lipinski definition) is 2. The highest BCUT2D eigenvalue weighted by Gasteiger charge is 2.16. The highest BCUT2D eigenvalue weighted by Crippen LogP contribution is 2.32. The van der Waals surface area contributed by atoms with Crippen molar-refractivity contribution in [3.8, 4) is 11.5 Å². The molecule has 3 rings (SSSR count). The molecule has 0 bridgehead atoms. The molecule has 0 saturated carbocycles. The number of H-pyrrole nitrogens is 2. The summed E-state index contributed by atoms with van der Waals surface area (Å²) in [6, 6.07) is 3.31. The molecule has 0 aliphatic heterocycles. The van der Waals surface area contributed by atoms with Gasteiger partial charge in [0.1, 0.15) is 5.82 Å². The van der Waals surface area contributed by atoms with Gasteiger partial charge in [0.2, 0.25) is 0 Å². The number of nitrogens with zero attached hydrogens (tertiary/aromatic N) is 1. The second-order valence-electron chi connectivity index (χ2n) is 3.40. The minimum Gasteiger partial charge on any atom is -0.388 e. The van der Waals surface area contributed by atoms with Crippen molar-refractivity contribution in [2.45, 2.75) is 0 Å². The van der Waals surface area contributed by atoms with Crippen molar-refractivity contribution < 1.29 is 8.81 Å². The Morgan fingerprint density at radius 1 is 1.41 bits per heavy atom. The summed E-state index contributed by atoms with van der Waals surface area (Å²) < 4.78 is 19.1. The summed E-state index contributed by atoms with van der Waals surface area (Å²) in [6.07, 6.45) is 1.54. The van der Waals surface area contributed by atoms with E-state index in [-0.39, 0.29) is 5.89 Å². The smallest absolute Gasteiger partial charge is 0.388 e. The molecule has 2 N–H and O–H groups in total. The van der Waals surface area contributed by atoms with Gasteiger partial charge in [0.15, 0.2) is 0 Å². The normalized spacial score (nSPS) is 11.2. The summed E-state index contributed by atoms with van der Waals surface area (Å²) in [5.74, 6) is -1.05. The zero-order valence-corrected chi connectivity index (χ0v) is 9.84. The largest absolute Gasteiger partial charge is 0.434 e. The van der Waals surface area contributed by atoms with Gasteiger partial charge in [-0.15, -0.1) is 5.10 Å². The second-order valence-corrected chi connectivity index (χ2v) is 4.26. The van der Waals surface area contributed by atoms with E-state index in [9.17, 15) is 9.18 Å². The summed E-state index contributed by atoms with van der Waals surface area (Å²) in [5, 5.41) is 6.14. The van der Waals surface area contributed by atoms with Crippen LogP contribution in [0.3, 0.4) is 0 Å². The Morgan fingerprint density at radius 2 is 2.24 bits per heavy atom. The van der Waals surface area contributed by atoms with Crippen LogP contribution in [0.2, 0.25) is 0 Å². The van der Waals surface area contributed by atoms with Gasteiger partial charge in [0, 0.05) is 17.1 Å². The SMILES string of the molecule is O=c1[nH]nc(-c2c[nH]c3ccc(Br)c(F)c23)o1. The summed E-state index contributed by atoms with van der Waals surface area (Å²) in [4.78, 5) is 13.8. The number of rotatable bonds is 1. The van der Waals surface area contributed by atoms with Crippen molar-refractivity contribution in [2.75, 3.05) is 0 Å². The van der Waals surface area contributed by atoms with Crippen molar-refractivity contribution in [1.82, 2.24) is 15.2 Å². The average Bonchev–Trinajstić information content (AvgIpc) is 2.89. The quantitative estimate of drug-likeness (QED) is 0.724. The molecule has 7 heteroatoms. The molecule has 0 fully saturated rings. The van der Waals surface area contributed by atoms with Gasteiger partial charge in [-0.3, -0.25) is 0 Å². The van der Waals surface area contributed by atoms with Crippen LogP contribution in [0.5, 0.6) is 0 Å². The molecule has 0 spiro atoms. The Balaban J connectivity index is 2.38. The minimum atomic E-state index is -0.676. The second kappa shape index (κ2) is 3.56. The van der Waals surface area contributed by atoms with Gasteiger partial charge in [-0.05, 0) is 28.1 Å². The molecule has 3 aromatic rings. The van der Waals surface area contributed by atoms with Crippen molar-refractivity contribution in [3.05, 3.63) is 39.2 Å². The van der Waals surface area contributed by atoms with Gasteiger partial charge in [-0.1, -0.05) is 0 Å². The Bertz CT molecular complexity index is 758. The standard InChI is InChI=1S/C10H5BrFN3O2/c11-5-1-2-6-7(8(5)12)4(3-13-6)9-14-15-10(16)17-9/h1-3,13H,(H,15,16). The molecule has 0 aliphatic rings. The topological polar surface area (TPSA) is 74.7 Å². The summed E-state index contributed by atoms with van der Waals surface area (Å²) in [5.41, 5.74) is 1.00. The number of aromatic amines is 2. The molecule has 0 unspecified atom stereocenters. The number of nitrogens with one attached hydrogen (secondary N) is 2. The number of halogens is 2. The van der Waals surface area contributed by atoms with Crippen LogP contribution < -0.4 is 5.76 Å². The summed E-state index contributed by atoms with van der Waals surface area (Å²) in [7, 11) is 0. The van der Waals surface area contributed by atoms with E-state index in [0.717, 1.165) is 0 Å². The first kappa shape index (κ1) is 10.3. The maximum Gasteiger partial charge on any atom is 0.434 e. The van der Waals surface area contributed by atoms with Crippen molar-refractivity contribution >= 4 is 26.8 Å². The lowest BCUT2D eigenvalue weighted by atomic mass is 10.1. The summed E-state index contributed by atoms with van der Waals surface area (Å²) in [6.45, 7) is 0. The fraction of sp³-hybridized carbons (Fsp3) is 0. The number of aromatic nitrogens is 3. The van der Waals surface area contributed by atoms with Crippen molar-refractivity contribution in [1.29, 1.82) is 0 Å². The first-order valence-corrected chi connectivity index (χ1v) is 5.47. The zero-order chi connectivity index (χ0) is 12.0. The maximum absolute atomic E-state index is 14.0. The van der Waals surface area contributed by atoms with Gasteiger partial charge in [-0.25, -0.2) is 14.3 Å². The molecule has 0 amide bonds. The number of fused-ring (bicyclic) bond motifs is 1. The Hall–Kier alpha value is -1.89. The lowest BCUT2D eigenvalue weighted by Crippen LogP contribution is -1.93. The molecule has 2 heterocycles. The van der Waals surface area contributed by atoms with Gasteiger partial charge in [0.05, 0.1) is 10.0 Å². The lowest BCUT2D eigenvalue weighted by Gasteiger charge is -1.97. The van der Waals surface area contributed by atoms with Crippen molar-refractivity contribution in [3.63, 3.8) is 0 Å². The fourth-order valence-corrected chi connectivity index (χ4v) is 2.00. The van der Waals surface area contributed by atoms with E-state index in [1.165, 1.54) is 0 Å². The van der Waals surface area contributed by atoms with Crippen LogP contribution in [0.1, 0.15) is 0 Å². The molecule has 1 aromatic carbocycles. The highest BCUT2D eigenvalue weighted by molar-refractivity contribution is 9.10. The Morgan fingerprint density at radius 3 is 2.94 bits per heavy atom. The third-order valence-corrected chi connectivity index (χ3v) is 3.02. The molecular weight excluding hydrogens is 293 g/mol. The molecule has 86 valence electrons. The van der Waals surface area contributed by atoms with Crippen molar-refractivity contribution in [2.24, 2.45) is 0 Å². The highest BCUT2D eigenvalue weighted by atomic mass is 79.9.